The fourth-order valence-electron chi connectivity index (χ4n) is 1.93. The van der Waals surface area contributed by atoms with Crippen molar-refractivity contribution in [1.82, 2.24) is 9.29 Å². The van der Waals surface area contributed by atoms with E-state index in [-0.39, 0.29) is 35.2 Å². The molecule has 1 unspecified atom stereocenters. The summed E-state index contributed by atoms with van der Waals surface area (Å²) in [4.78, 5) is 14.4. The Balaban J connectivity index is 2.33. The highest BCUT2D eigenvalue weighted by Crippen LogP contribution is 2.28. The van der Waals surface area contributed by atoms with E-state index >= 15 is 0 Å². The van der Waals surface area contributed by atoms with Crippen LogP contribution in [0.15, 0.2) is 17.2 Å². The van der Waals surface area contributed by atoms with Crippen molar-refractivity contribution in [3.63, 3.8) is 0 Å². The zero-order valence-corrected chi connectivity index (χ0v) is 11.4. The van der Waals surface area contributed by atoms with E-state index in [0.717, 1.165) is 4.31 Å². The summed E-state index contributed by atoms with van der Waals surface area (Å²) in [5.41, 5.74) is 5.55. The van der Waals surface area contributed by atoms with E-state index in [1.54, 1.807) is 0 Å². The number of carboxylic acids is 1. The van der Waals surface area contributed by atoms with Crippen molar-refractivity contribution in [3.8, 4) is 0 Å². The fourth-order valence-corrected chi connectivity index (χ4v) is 3.74. The van der Waals surface area contributed by atoms with Crippen LogP contribution >= 0.6 is 11.6 Å². The number of aliphatic carboxylic acids is 1. The first-order valence-electron chi connectivity index (χ1n) is 5.46. The third kappa shape index (κ3) is 2.65. The normalized spacial score (nSPS) is 20.6. The first kappa shape index (κ1) is 14.0. The maximum atomic E-state index is 12.3. The largest absolute Gasteiger partial charge is 0.481 e. The van der Waals surface area contributed by atoms with Gasteiger partial charge in [-0.3, -0.25) is 4.79 Å². The van der Waals surface area contributed by atoms with Crippen LogP contribution in [-0.4, -0.2) is 41.9 Å². The highest BCUT2D eigenvalue weighted by atomic mass is 35.5. The molecule has 0 radical (unpaired) electrons. The molecule has 9 heteroatoms. The maximum Gasteiger partial charge on any atom is 0.307 e. The third-order valence-corrected chi connectivity index (χ3v) is 5.07. The first-order chi connectivity index (χ1) is 8.82. The van der Waals surface area contributed by atoms with Crippen molar-refractivity contribution in [3.05, 3.63) is 17.3 Å². The summed E-state index contributed by atoms with van der Waals surface area (Å²) in [5, 5.41) is 9.04. The number of carbonyl (C=O) groups is 1. The highest BCUT2D eigenvalue weighted by molar-refractivity contribution is 7.89. The van der Waals surface area contributed by atoms with Crippen molar-refractivity contribution < 1.29 is 18.3 Å². The Morgan fingerprint density at radius 2 is 2.26 bits per heavy atom. The van der Waals surface area contributed by atoms with Crippen LogP contribution in [0.4, 0.5) is 5.82 Å². The quantitative estimate of drug-likeness (QED) is 0.836. The van der Waals surface area contributed by atoms with Crippen LogP contribution in [0.5, 0.6) is 0 Å². The monoisotopic (exact) mass is 305 g/mol. The minimum Gasteiger partial charge on any atom is -0.481 e. The Hall–Kier alpha value is -1.38. The van der Waals surface area contributed by atoms with E-state index < -0.39 is 21.9 Å². The number of rotatable bonds is 3. The number of carboxylic acid groups (broad SMARTS) is 1. The second kappa shape index (κ2) is 4.95. The van der Waals surface area contributed by atoms with Crippen molar-refractivity contribution in [2.75, 3.05) is 18.8 Å². The molecular weight excluding hydrogens is 294 g/mol. The van der Waals surface area contributed by atoms with Crippen LogP contribution in [-0.2, 0) is 14.8 Å². The van der Waals surface area contributed by atoms with Crippen molar-refractivity contribution in [2.24, 2.45) is 5.92 Å². The number of hydrogen-bond acceptors (Lipinski definition) is 5. The average Bonchev–Trinajstić information content (AvgIpc) is 2.82. The number of sulfonamides is 1. The lowest BCUT2D eigenvalue weighted by Crippen LogP contribution is -2.30. The topological polar surface area (TPSA) is 114 Å². The van der Waals surface area contributed by atoms with Crippen LogP contribution in [0, 0.1) is 5.92 Å². The molecule has 0 bridgehead atoms. The van der Waals surface area contributed by atoms with Crippen molar-refractivity contribution in [1.29, 1.82) is 0 Å². The number of anilines is 1. The average molecular weight is 306 g/mol. The minimum absolute atomic E-state index is 0.0659. The van der Waals surface area contributed by atoms with Gasteiger partial charge in [0.25, 0.3) is 0 Å². The molecule has 3 N–H and O–H groups in total. The lowest BCUT2D eigenvalue weighted by Gasteiger charge is -2.16. The molecule has 2 rings (SSSR count). The zero-order valence-electron chi connectivity index (χ0n) is 9.78. The van der Waals surface area contributed by atoms with Gasteiger partial charge in [0.1, 0.15) is 10.7 Å². The van der Waals surface area contributed by atoms with Crippen LogP contribution < -0.4 is 5.73 Å². The third-order valence-electron chi connectivity index (χ3n) is 2.97. The second-order valence-electron chi connectivity index (χ2n) is 4.22. The molecule has 1 aliphatic heterocycles. The van der Waals surface area contributed by atoms with E-state index in [2.05, 4.69) is 4.98 Å². The number of nitrogen functional groups attached to an aromatic ring is 1. The van der Waals surface area contributed by atoms with Crippen LogP contribution in [0.3, 0.4) is 0 Å². The Morgan fingerprint density at radius 3 is 2.84 bits per heavy atom. The van der Waals surface area contributed by atoms with E-state index in [4.69, 9.17) is 22.4 Å². The molecule has 1 atom stereocenters. The molecule has 104 valence electrons. The lowest BCUT2D eigenvalue weighted by atomic mass is 10.1. The minimum atomic E-state index is -3.86. The molecule has 1 fully saturated rings. The van der Waals surface area contributed by atoms with Gasteiger partial charge in [0.05, 0.1) is 10.9 Å². The molecule has 0 aromatic carbocycles. The molecular formula is C10H12ClN3O4S. The maximum absolute atomic E-state index is 12.3. The molecule has 1 aliphatic rings. The lowest BCUT2D eigenvalue weighted by molar-refractivity contribution is -0.141. The number of pyridine rings is 1. The Kier molecular flexibility index (Phi) is 3.66. The number of nitrogens with zero attached hydrogens (tertiary/aromatic N) is 2. The highest BCUT2D eigenvalue weighted by Gasteiger charge is 2.36. The van der Waals surface area contributed by atoms with Crippen molar-refractivity contribution >= 4 is 33.4 Å². The molecule has 0 saturated carbocycles. The van der Waals surface area contributed by atoms with Gasteiger partial charge < -0.3 is 10.8 Å². The molecule has 19 heavy (non-hydrogen) atoms. The molecule has 7 nitrogen and oxygen atoms in total. The molecule has 1 aromatic rings. The summed E-state index contributed by atoms with van der Waals surface area (Å²) in [6.07, 6.45) is 1.53. The standard InChI is InChI=1S/C10H12ClN3O4S/c11-7-3-8(9(12)13-4-7)19(17,18)14-2-1-6(5-14)10(15)16/h3-4,6H,1-2,5H2,(H2,12,13)(H,15,16). The Morgan fingerprint density at radius 1 is 1.58 bits per heavy atom. The Labute approximate surface area is 115 Å². The smallest absolute Gasteiger partial charge is 0.307 e. The van der Waals surface area contributed by atoms with Crippen LogP contribution in [0.1, 0.15) is 6.42 Å². The number of nitrogens with two attached hydrogens (primary N) is 1. The fraction of sp³-hybridized carbons (Fsp3) is 0.400. The number of aromatic nitrogens is 1. The molecule has 0 spiro atoms. The molecule has 2 heterocycles. The predicted octanol–water partition coefficient (Wildman–Crippen LogP) is 0.412. The number of halogens is 1. The predicted molar refractivity (Wildman–Crippen MR) is 68.2 cm³/mol. The van der Waals surface area contributed by atoms with Gasteiger partial charge in [-0.25, -0.2) is 13.4 Å². The van der Waals surface area contributed by atoms with Gasteiger partial charge in [0, 0.05) is 19.3 Å². The summed E-state index contributed by atoms with van der Waals surface area (Å²) in [6.45, 7) is 0.0782. The van der Waals surface area contributed by atoms with Gasteiger partial charge in [0.15, 0.2) is 0 Å². The molecule has 1 aromatic heterocycles. The van der Waals surface area contributed by atoms with E-state index in [1.165, 1.54) is 12.3 Å². The summed E-state index contributed by atoms with van der Waals surface area (Å²) in [5.74, 6) is -1.85. The van der Waals surface area contributed by atoms with Gasteiger partial charge >= 0.3 is 5.97 Å². The van der Waals surface area contributed by atoms with Crippen LogP contribution in [0.25, 0.3) is 0 Å². The van der Waals surface area contributed by atoms with Gasteiger partial charge in [0.2, 0.25) is 10.0 Å². The zero-order chi connectivity index (χ0) is 14.2. The number of hydrogen-bond donors (Lipinski definition) is 2. The van der Waals surface area contributed by atoms with Gasteiger partial charge in [-0.1, -0.05) is 11.6 Å². The summed E-state index contributed by atoms with van der Waals surface area (Å²) in [7, 11) is -3.86. The van der Waals surface area contributed by atoms with Gasteiger partial charge in [-0.15, -0.1) is 0 Å². The first-order valence-corrected chi connectivity index (χ1v) is 7.28. The second-order valence-corrected chi connectivity index (χ2v) is 6.57. The molecule has 0 amide bonds. The van der Waals surface area contributed by atoms with E-state index in [0.29, 0.717) is 0 Å². The van der Waals surface area contributed by atoms with E-state index in [1.807, 2.05) is 0 Å². The Bertz CT molecular complexity index is 619. The summed E-state index contributed by atoms with van der Waals surface area (Å²) in [6, 6.07) is 1.22. The molecule has 1 saturated heterocycles. The molecule has 0 aliphatic carbocycles. The SMILES string of the molecule is Nc1ncc(Cl)cc1S(=O)(=O)N1CCC(C(=O)O)C1. The van der Waals surface area contributed by atoms with Gasteiger partial charge in [-0.2, -0.15) is 4.31 Å². The van der Waals surface area contributed by atoms with Crippen molar-refractivity contribution in [2.45, 2.75) is 11.3 Å². The van der Waals surface area contributed by atoms with Crippen LogP contribution in [0.2, 0.25) is 5.02 Å². The summed E-state index contributed by atoms with van der Waals surface area (Å²) >= 11 is 5.71. The van der Waals surface area contributed by atoms with Gasteiger partial charge in [-0.05, 0) is 12.5 Å². The summed E-state index contributed by atoms with van der Waals surface area (Å²) < 4.78 is 25.8. The van der Waals surface area contributed by atoms with E-state index in [9.17, 15) is 13.2 Å².